The van der Waals surface area contributed by atoms with Gasteiger partial charge in [-0.3, -0.25) is 14.9 Å². The van der Waals surface area contributed by atoms with Crippen molar-refractivity contribution < 1.29 is 19.1 Å². The van der Waals surface area contributed by atoms with Crippen molar-refractivity contribution in [2.75, 3.05) is 38.2 Å². The normalized spacial score (nSPS) is 20.4. The van der Waals surface area contributed by atoms with Gasteiger partial charge in [0.05, 0.1) is 35.8 Å². The van der Waals surface area contributed by atoms with E-state index < -0.39 is 0 Å². The number of rotatable bonds is 4. The number of aromatic nitrogens is 2. The molecule has 0 spiro atoms. The first kappa shape index (κ1) is 23.4. The summed E-state index contributed by atoms with van der Waals surface area (Å²) >= 11 is 2.75. The van der Waals surface area contributed by atoms with Crippen molar-refractivity contribution in [1.82, 2.24) is 14.9 Å². The molecule has 1 aromatic carbocycles. The molecule has 180 valence electrons. The first-order valence-corrected chi connectivity index (χ1v) is 13.0. The maximum absolute atomic E-state index is 12.9. The number of allylic oxidation sites excluding steroid dienone is 5. The van der Waals surface area contributed by atoms with E-state index >= 15 is 0 Å². The molecule has 4 heterocycles. The standard InChI is InChI=1S/C25H24N4O4S2/c1-16-5-6-17(4-2-3-11-33-16)23-26-20(15-34-23)22(30)28-25-27-19-8-7-18(14-21(19)35-25)24(31)29-9-12-32-13-10-29/h2,4-8,14-15H,3,9-13H2,1H3,(H,27,28,30)/b4-2+,16-5+,17-6+. The summed E-state index contributed by atoms with van der Waals surface area (Å²) in [5, 5.41) is 5.81. The Morgan fingerprint density at radius 2 is 1.97 bits per heavy atom. The van der Waals surface area contributed by atoms with Gasteiger partial charge >= 0.3 is 0 Å². The van der Waals surface area contributed by atoms with Crippen LogP contribution in [-0.2, 0) is 9.47 Å². The first-order chi connectivity index (χ1) is 17.1. The quantitative estimate of drug-likeness (QED) is 0.547. The zero-order chi connectivity index (χ0) is 24.2. The maximum Gasteiger partial charge on any atom is 0.276 e. The van der Waals surface area contributed by atoms with Crippen LogP contribution in [0.2, 0.25) is 0 Å². The summed E-state index contributed by atoms with van der Waals surface area (Å²) in [6.45, 7) is 4.85. The molecule has 1 fully saturated rings. The van der Waals surface area contributed by atoms with Gasteiger partial charge in [-0.05, 0) is 43.7 Å². The lowest BCUT2D eigenvalue weighted by Crippen LogP contribution is -2.40. The summed E-state index contributed by atoms with van der Waals surface area (Å²) in [4.78, 5) is 36.5. The van der Waals surface area contributed by atoms with Crippen LogP contribution in [0, 0.1) is 0 Å². The van der Waals surface area contributed by atoms with Gasteiger partial charge in [-0.25, -0.2) is 9.97 Å². The van der Waals surface area contributed by atoms with Crippen LogP contribution in [0.4, 0.5) is 5.13 Å². The fourth-order valence-corrected chi connectivity index (χ4v) is 5.39. The van der Waals surface area contributed by atoms with E-state index in [-0.39, 0.29) is 11.8 Å². The van der Waals surface area contributed by atoms with E-state index in [0.29, 0.717) is 49.3 Å². The Hall–Kier alpha value is -3.34. The molecule has 1 saturated heterocycles. The summed E-state index contributed by atoms with van der Waals surface area (Å²) in [6.07, 6.45) is 8.70. The molecule has 0 atom stereocenters. The van der Waals surface area contributed by atoms with Gasteiger partial charge in [-0.2, -0.15) is 0 Å². The maximum atomic E-state index is 12.9. The van der Waals surface area contributed by atoms with E-state index in [2.05, 4.69) is 15.3 Å². The molecule has 1 N–H and O–H groups in total. The van der Waals surface area contributed by atoms with E-state index in [1.54, 1.807) is 16.3 Å². The number of nitrogens with zero attached hydrogens (tertiary/aromatic N) is 3. The molecular formula is C25H24N4O4S2. The Morgan fingerprint density at radius 3 is 2.83 bits per heavy atom. The van der Waals surface area contributed by atoms with Crippen LogP contribution < -0.4 is 5.32 Å². The monoisotopic (exact) mass is 508 g/mol. The Balaban J connectivity index is 1.30. The SMILES string of the molecule is C\C1=C/C=C(c2nc(C(=O)Nc3nc4ccc(C(=O)N5CCOCC5)cc4s3)cs2)\C=C\CCO1. The van der Waals surface area contributed by atoms with Crippen molar-refractivity contribution in [1.29, 1.82) is 0 Å². The second-order valence-electron chi connectivity index (χ2n) is 8.04. The van der Waals surface area contributed by atoms with Gasteiger partial charge in [-0.15, -0.1) is 11.3 Å². The summed E-state index contributed by atoms with van der Waals surface area (Å²) in [5.41, 5.74) is 2.60. The van der Waals surface area contributed by atoms with Crippen LogP contribution in [0.15, 0.2) is 53.6 Å². The number of anilines is 1. The number of benzene rings is 1. The Labute approximate surface area is 210 Å². The topological polar surface area (TPSA) is 93.7 Å². The fourth-order valence-electron chi connectivity index (χ4n) is 3.68. The van der Waals surface area contributed by atoms with Crippen LogP contribution in [0.1, 0.15) is 39.2 Å². The molecule has 5 rings (SSSR count). The summed E-state index contributed by atoms with van der Waals surface area (Å²) in [7, 11) is 0. The predicted octanol–water partition coefficient (Wildman–Crippen LogP) is 4.74. The molecule has 0 radical (unpaired) electrons. The summed E-state index contributed by atoms with van der Waals surface area (Å²) in [6, 6.07) is 5.42. The molecule has 2 aliphatic rings. The highest BCUT2D eigenvalue weighted by Crippen LogP contribution is 2.28. The molecule has 0 unspecified atom stereocenters. The number of hydrogen-bond acceptors (Lipinski definition) is 8. The fraction of sp³-hybridized carbons (Fsp3) is 0.280. The second kappa shape index (κ2) is 10.5. The summed E-state index contributed by atoms with van der Waals surface area (Å²) in [5.74, 6) is 0.499. The van der Waals surface area contributed by atoms with Crippen LogP contribution in [0.5, 0.6) is 0 Å². The third-order valence-electron chi connectivity index (χ3n) is 5.55. The first-order valence-electron chi connectivity index (χ1n) is 11.3. The number of ether oxygens (including phenoxy) is 2. The zero-order valence-corrected chi connectivity index (χ0v) is 20.8. The largest absolute Gasteiger partial charge is 0.498 e. The molecular weight excluding hydrogens is 484 g/mol. The van der Waals surface area contributed by atoms with Gasteiger partial charge < -0.3 is 14.4 Å². The molecule has 2 amide bonds. The van der Waals surface area contributed by atoms with Gasteiger partial charge in [0, 0.05) is 29.6 Å². The lowest BCUT2D eigenvalue weighted by molar-refractivity contribution is 0.0303. The van der Waals surface area contributed by atoms with Crippen LogP contribution in [-0.4, -0.2) is 59.6 Å². The van der Waals surface area contributed by atoms with Crippen molar-refractivity contribution in [3.05, 3.63) is 69.9 Å². The minimum absolute atomic E-state index is 0.0194. The number of nitrogens with one attached hydrogen (secondary N) is 1. The molecule has 10 heteroatoms. The third-order valence-corrected chi connectivity index (χ3v) is 7.37. The highest BCUT2D eigenvalue weighted by molar-refractivity contribution is 7.22. The van der Waals surface area contributed by atoms with Crippen LogP contribution >= 0.6 is 22.7 Å². The van der Waals surface area contributed by atoms with Gasteiger partial charge in [0.25, 0.3) is 11.8 Å². The van der Waals surface area contributed by atoms with E-state index in [9.17, 15) is 9.59 Å². The third kappa shape index (κ3) is 5.50. The molecule has 8 nitrogen and oxygen atoms in total. The smallest absolute Gasteiger partial charge is 0.276 e. The van der Waals surface area contributed by atoms with Gasteiger partial charge in [0.15, 0.2) is 5.13 Å². The molecule has 0 aliphatic carbocycles. The van der Waals surface area contributed by atoms with Crippen molar-refractivity contribution in [3.8, 4) is 0 Å². The average Bonchev–Trinajstić information content (AvgIpc) is 3.53. The van der Waals surface area contributed by atoms with Gasteiger partial charge in [-0.1, -0.05) is 23.5 Å². The highest BCUT2D eigenvalue weighted by Gasteiger charge is 2.20. The molecule has 0 bridgehead atoms. The number of hydrogen-bond donors (Lipinski definition) is 1. The van der Waals surface area contributed by atoms with E-state index in [0.717, 1.165) is 33.0 Å². The number of carbonyl (C=O) groups excluding carboxylic acids is 2. The van der Waals surface area contributed by atoms with Crippen molar-refractivity contribution in [2.45, 2.75) is 13.3 Å². The lowest BCUT2D eigenvalue weighted by Gasteiger charge is -2.26. The predicted molar refractivity (Wildman–Crippen MR) is 138 cm³/mol. The van der Waals surface area contributed by atoms with Crippen LogP contribution in [0.25, 0.3) is 15.8 Å². The highest BCUT2D eigenvalue weighted by atomic mass is 32.1. The van der Waals surface area contributed by atoms with Crippen molar-refractivity contribution in [3.63, 3.8) is 0 Å². The second-order valence-corrected chi connectivity index (χ2v) is 9.93. The van der Waals surface area contributed by atoms with E-state index in [4.69, 9.17) is 9.47 Å². The average molecular weight is 509 g/mol. The molecule has 35 heavy (non-hydrogen) atoms. The van der Waals surface area contributed by atoms with E-state index in [1.807, 2.05) is 43.4 Å². The summed E-state index contributed by atoms with van der Waals surface area (Å²) < 4.78 is 11.8. The molecule has 0 saturated carbocycles. The minimum Gasteiger partial charge on any atom is -0.498 e. The number of fused-ring (bicyclic) bond motifs is 1. The Bertz CT molecular complexity index is 1350. The zero-order valence-electron chi connectivity index (χ0n) is 19.2. The van der Waals surface area contributed by atoms with Crippen LogP contribution in [0.3, 0.4) is 0 Å². The van der Waals surface area contributed by atoms with Crippen molar-refractivity contribution >= 4 is 55.4 Å². The minimum atomic E-state index is -0.320. The lowest BCUT2D eigenvalue weighted by atomic mass is 10.2. The number of carbonyl (C=O) groups is 2. The Morgan fingerprint density at radius 1 is 1.11 bits per heavy atom. The number of thiazole rings is 2. The van der Waals surface area contributed by atoms with Gasteiger partial charge in [0.2, 0.25) is 0 Å². The number of morpholine rings is 1. The molecule has 2 aliphatic heterocycles. The molecule has 3 aromatic rings. The van der Waals surface area contributed by atoms with Gasteiger partial charge in [0.1, 0.15) is 10.7 Å². The van der Waals surface area contributed by atoms with E-state index in [1.165, 1.54) is 22.7 Å². The molecule has 2 aromatic heterocycles. The van der Waals surface area contributed by atoms with Crippen molar-refractivity contribution in [2.24, 2.45) is 0 Å². The number of amides is 2. The Kier molecular flexibility index (Phi) is 7.03.